The van der Waals surface area contributed by atoms with Gasteiger partial charge in [-0.15, -0.1) is 0 Å². The number of nitrogens with zero attached hydrogens (tertiary/aromatic N) is 6. The summed E-state index contributed by atoms with van der Waals surface area (Å²) in [5.41, 5.74) is 14.6. The van der Waals surface area contributed by atoms with Crippen LogP contribution in [0.4, 0.5) is 16.0 Å². The van der Waals surface area contributed by atoms with Gasteiger partial charge in [-0.25, -0.2) is 29.3 Å². The van der Waals surface area contributed by atoms with Crippen LogP contribution >= 0.6 is 0 Å². The van der Waals surface area contributed by atoms with E-state index in [1.54, 1.807) is 31.5 Å². The first-order valence-electron chi connectivity index (χ1n) is 12.7. The molecular formula is C28H29FN10O. The number of benzene rings is 1. The molecule has 0 radical (unpaired) electrons. The lowest BCUT2D eigenvalue weighted by Crippen LogP contribution is -2.28. The van der Waals surface area contributed by atoms with Crippen molar-refractivity contribution in [2.75, 3.05) is 17.6 Å². The molecule has 0 bridgehead atoms. The number of amides is 1. The quantitative estimate of drug-likeness (QED) is 0.206. The molecule has 0 aliphatic rings. The number of carbonyl (C=O) groups is 1. The van der Waals surface area contributed by atoms with E-state index in [0.717, 1.165) is 24.0 Å². The monoisotopic (exact) mass is 540 g/mol. The van der Waals surface area contributed by atoms with E-state index in [1.807, 2.05) is 6.07 Å². The van der Waals surface area contributed by atoms with Gasteiger partial charge in [-0.2, -0.15) is 5.26 Å². The number of aryl methyl sites for hydroxylation is 1. The van der Waals surface area contributed by atoms with Crippen LogP contribution in [-0.2, 0) is 13.0 Å². The van der Waals surface area contributed by atoms with Crippen LogP contribution in [0.2, 0.25) is 0 Å². The number of pyridine rings is 1. The first kappa shape index (κ1) is 28.0. The molecule has 12 heteroatoms. The fourth-order valence-corrected chi connectivity index (χ4v) is 3.88. The number of carbonyl (C=O) groups excluding carboxylic acids is 1. The maximum Gasteiger partial charge on any atom is 0.255 e. The molecule has 40 heavy (non-hydrogen) atoms. The number of nitrogens with one attached hydrogen (secondary N) is 2. The number of hydrogen-bond acceptors (Lipinski definition) is 10. The predicted molar refractivity (Wildman–Crippen MR) is 148 cm³/mol. The smallest absolute Gasteiger partial charge is 0.255 e. The molecule has 0 fully saturated rings. The third-order valence-electron chi connectivity index (χ3n) is 6.12. The van der Waals surface area contributed by atoms with E-state index in [4.69, 9.17) is 11.5 Å². The van der Waals surface area contributed by atoms with Crippen molar-refractivity contribution < 1.29 is 9.18 Å². The van der Waals surface area contributed by atoms with Crippen molar-refractivity contribution in [1.29, 1.82) is 5.26 Å². The number of rotatable bonds is 11. The highest BCUT2D eigenvalue weighted by Crippen LogP contribution is 2.20. The summed E-state index contributed by atoms with van der Waals surface area (Å²) in [6, 6.07) is 8.94. The Hall–Kier alpha value is -5.02. The Morgan fingerprint density at radius 2 is 1.82 bits per heavy atom. The van der Waals surface area contributed by atoms with E-state index in [-0.39, 0.29) is 23.5 Å². The molecule has 1 atom stereocenters. The van der Waals surface area contributed by atoms with Crippen LogP contribution in [0, 0.1) is 17.1 Å². The topological polar surface area (TPSA) is 181 Å². The molecule has 6 N–H and O–H groups in total. The van der Waals surface area contributed by atoms with Gasteiger partial charge in [0, 0.05) is 30.7 Å². The van der Waals surface area contributed by atoms with E-state index in [1.165, 1.54) is 30.6 Å². The van der Waals surface area contributed by atoms with Gasteiger partial charge in [0.1, 0.15) is 29.2 Å². The molecule has 4 rings (SSSR count). The summed E-state index contributed by atoms with van der Waals surface area (Å²) in [5.74, 6) is 0.283. The van der Waals surface area contributed by atoms with E-state index in [9.17, 15) is 14.4 Å². The van der Waals surface area contributed by atoms with Gasteiger partial charge >= 0.3 is 0 Å². The molecule has 1 aromatic carbocycles. The Labute approximate surface area is 230 Å². The van der Waals surface area contributed by atoms with Crippen LogP contribution in [0.1, 0.15) is 58.5 Å². The Morgan fingerprint density at radius 3 is 2.52 bits per heavy atom. The van der Waals surface area contributed by atoms with Gasteiger partial charge < -0.3 is 22.1 Å². The van der Waals surface area contributed by atoms with Crippen molar-refractivity contribution in [2.24, 2.45) is 5.73 Å². The number of halogens is 1. The van der Waals surface area contributed by atoms with Crippen LogP contribution in [-0.4, -0.2) is 37.4 Å². The van der Waals surface area contributed by atoms with Crippen molar-refractivity contribution in [2.45, 2.75) is 38.8 Å². The highest BCUT2D eigenvalue weighted by Gasteiger charge is 2.17. The highest BCUT2D eigenvalue weighted by atomic mass is 19.1. The van der Waals surface area contributed by atoms with Crippen LogP contribution in [0.15, 0.2) is 55.1 Å². The predicted octanol–water partition coefficient (Wildman–Crippen LogP) is 3.31. The maximum atomic E-state index is 13.3. The standard InChI is InChI=1S/C28H29FN10O/c1-17(20-5-7-21(29)8-6-20)38-28(40)22-10-18(11-31)12-34-26(22)35-13-19-14-36-27(37-15-19)24-16-33-25(32)23(39-24)4-2-3-9-30/h5-8,10,12,14-17H,2-4,9,13,30H2,1H3,(H2,32,33)(H,34,35)(H,38,40)/t17-/m0/s1. The Morgan fingerprint density at radius 1 is 1.07 bits per heavy atom. The SMILES string of the molecule is C[C@H](NC(=O)c1cc(C#N)cnc1NCc1cnc(-c2cnc(N)c(CCCCN)n2)nc1)c1ccc(F)cc1. The third kappa shape index (κ3) is 7.09. The molecule has 0 unspecified atom stereocenters. The molecule has 4 aromatic rings. The average Bonchev–Trinajstić information content (AvgIpc) is 2.97. The second kappa shape index (κ2) is 13.2. The Bertz CT molecular complexity index is 1500. The lowest BCUT2D eigenvalue weighted by atomic mass is 10.1. The first-order chi connectivity index (χ1) is 19.4. The van der Waals surface area contributed by atoms with Gasteiger partial charge in [-0.05, 0) is 56.5 Å². The summed E-state index contributed by atoms with van der Waals surface area (Å²) in [6.45, 7) is 2.66. The van der Waals surface area contributed by atoms with E-state index in [0.29, 0.717) is 41.8 Å². The molecule has 3 heterocycles. The Balaban J connectivity index is 1.45. The zero-order valence-electron chi connectivity index (χ0n) is 21.9. The first-order valence-corrected chi connectivity index (χ1v) is 12.7. The molecule has 0 aliphatic carbocycles. The van der Waals surface area contributed by atoms with Gasteiger partial charge in [0.2, 0.25) is 0 Å². The molecule has 0 saturated carbocycles. The normalized spacial score (nSPS) is 11.4. The summed E-state index contributed by atoms with van der Waals surface area (Å²) in [5, 5.41) is 15.3. The number of anilines is 2. The minimum absolute atomic E-state index is 0.199. The van der Waals surface area contributed by atoms with Crippen molar-refractivity contribution in [3.8, 4) is 17.6 Å². The molecule has 1 amide bonds. The fraction of sp³-hybridized carbons (Fsp3) is 0.250. The molecule has 0 aliphatic heterocycles. The highest BCUT2D eigenvalue weighted by molar-refractivity contribution is 5.99. The van der Waals surface area contributed by atoms with E-state index >= 15 is 0 Å². The summed E-state index contributed by atoms with van der Waals surface area (Å²) in [4.78, 5) is 35.0. The van der Waals surface area contributed by atoms with E-state index in [2.05, 4.69) is 35.6 Å². The van der Waals surface area contributed by atoms with Gasteiger partial charge in [-0.3, -0.25) is 4.79 Å². The van der Waals surface area contributed by atoms with Gasteiger partial charge in [0.25, 0.3) is 5.91 Å². The number of nitrogens with two attached hydrogens (primary N) is 2. The van der Waals surface area contributed by atoms with Crippen LogP contribution in [0.3, 0.4) is 0 Å². The zero-order chi connectivity index (χ0) is 28.5. The van der Waals surface area contributed by atoms with Crippen molar-refractivity contribution in [3.63, 3.8) is 0 Å². The van der Waals surface area contributed by atoms with Gasteiger partial charge in [0.05, 0.1) is 29.1 Å². The van der Waals surface area contributed by atoms with E-state index < -0.39 is 11.9 Å². The number of aromatic nitrogens is 5. The van der Waals surface area contributed by atoms with Gasteiger partial charge in [0.15, 0.2) is 5.82 Å². The van der Waals surface area contributed by atoms with Crippen LogP contribution in [0.5, 0.6) is 0 Å². The zero-order valence-corrected chi connectivity index (χ0v) is 21.9. The molecule has 204 valence electrons. The number of nitriles is 1. The summed E-state index contributed by atoms with van der Waals surface area (Å²) < 4.78 is 13.3. The molecule has 11 nitrogen and oxygen atoms in total. The second-order valence-corrected chi connectivity index (χ2v) is 9.08. The summed E-state index contributed by atoms with van der Waals surface area (Å²) in [6.07, 6.45) is 8.60. The lowest BCUT2D eigenvalue weighted by molar-refractivity contribution is 0.0940. The van der Waals surface area contributed by atoms with Crippen LogP contribution < -0.4 is 22.1 Å². The fourth-order valence-electron chi connectivity index (χ4n) is 3.88. The Kier molecular flexibility index (Phi) is 9.22. The summed E-state index contributed by atoms with van der Waals surface area (Å²) in [7, 11) is 0. The molecule has 0 spiro atoms. The largest absolute Gasteiger partial charge is 0.382 e. The van der Waals surface area contributed by atoms with Crippen molar-refractivity contribution >= 4 is 17.5 Å². The molecule has 3 aromatic heterocycles. The van der Waals surface area contributed by atoms with Gasteiger partial charge in [-0.1, -0.05) is 12.1 Å². The van der Waals surface area contributed by atoms with Crippen molar-refractivity contribution in [3.05, 3.63) is 88.9 Å². The number of unbranched alkanes of at least 4 members (excludes halogenated alkanes) is 1. The minimum Gasteiger partial charge on any atom is -0.382 e. The second-order valence-electron chi connectivity index (χ2n) is 9.08. The number of hydrogen-bond donors (Lipinski definition) is 4. The van der Waals surface area contributed by atoms with Crippen LogP contribution in [0.25, 0.3) is 11.5 Å². The minimum atomic E-state index is -0.431. The van der Waals surface area contributed by atoms with Crippen molar-refractivity contribution in [1.82, 2.24) is 30.2 Å². The maximum absolute atomic E-state index is 13.3. The number of nitrogen functional groups attached to an aromatic ring is 1. The lowest BCUT2D eigenvalue weighted by Gasteiger charge is -2.16. The molecular weight excluding hydrogens is 511 g/mol. The summed E-state index contributed by atoms with van der Waals surface area (Å²) >= 11 is 0. The average molecular weight is 541 g/mol. The molecule has 0 saturated heterocycles. The third-order valence-corrected chi connectivity index (χ3v) is 6.12.